The highest BCUT2D eigenvalue weighted by molar-refractivity contribution is 5.85. The van der Waals surface area contributed by atoms with E-state index in [2.05, 4.69) is 13.8 Å². The van der Waals surface area contributed by atoms with Crippen molar-refractivity contribution in [2.45, 2.75) is 120 Å². The van der Waals surface area contributed by atoms with Crippen LogP contribution in [0.2, 0.25) is 0 Å². The zero-order valence-corrected chi connectivity index (χ0v) is 22.9. The van der Waals surface area contributed by atoms with Gasteiger partial charge in [0, 0.05) is 17.9 Å². The first-order chi connectivity index (χ1) is 18.4. The largest absolute Gasteiger partial charge is 0.458 e. The second-order valence-electron chi connectivity index (χ2n) is 13.7. The first-order valence-corrected chi connectivity index (χ1v) is 14.6. The lowest BCUT2D eigenvalue weighted by atomic mass is 9.42. The quantitative estimate of drug-likeness (QED) is 0.214. The Labute approximate surface area is 229 Å². The third-order valence-corrected chi connectivity index (χ3v) is 12.3. The number of cyclic esters (lactones) is 1. The first-order valence-electron chi connectivity index (χ1n) is 14.6. The number of ether oxygens (including phenoxy) is 3. The van der Waals surface area contributed by atoms with Gasteiger partial charge >= 0.3 is 5.97 Å². The summed E-state index contributed by atoms with van der Waals surface area (Å²) < 4.78 is 16.8. The van der Waals surface area contributed by atoms with E-state index in [0.29, 0.717) is 45.1 Å². The van der Waals surface area contributed by atoms with Crippen molar-refractivity contribution in [2.24, 2.45) is 28.6 Å². The number of aliphatic hydroxyl groups excluding tert-OH is 4. The summed E-state index contributed by atoms with van der Waals surface area (Å²) in [5.74, 6) is 0.00615. The zero-order valence-electron chi connectivity index (χ0n) is 22.9. The van der Waals surface area contributed by atoms with Gasteiger partial charge in [0.05, 0.1) is 23.9 Å². The van der Waals surface area contributed by atoms with E-state index >= 15 is 0 Å². The molecule has 0 spiro atoms. The number of carbonyl (C=O) groups is 1. The van der Waals surface area contributed by atoms with Crippen molar-refractivity contribution in [3.05, 3.63) is 11.6 Å². The van der Waals surface area contributed by atoms with Crippen LogP contribution in [0.25, 0.3) is 0 Å². The van der Waals surface area contributed by atoms with Gasteiger partial charge in [-0.1, -0.05) is 13.8 Å². The number of hydrogen-bond acceptors (Lipinski definition) is 10. The predicted octanol–water partition coefficient (Wildman–Crippen LogP) is 0.543. The molecule has 0 aromatic rings. The van der Waals surface area contributed by atoms with Crippen molar-refractivity contribution < 1.29 is 49.6 Å². The zero-order chi connectivity index (χ0) is 28.0. The lowest BCUT2D eigenvalue weighted by Crippen LogP contribution is -2.67. The summed E-state index contributed by atoms with van der Waals surface area (Å²) in [5.41, 5.74) is -1.67. The lowest BCUT2D eigenvalue weighted by molar-refractivity contribution is -0.324. The Kier molecular flexibility index (Phi) is 6.80. The van der Waals surface area contributed by atoms with Crippen LogP contribution in [0.5, 0.6) is 0 Å². The third kappa shape index (κ3) is 3.93. The highest BCUT2D eigenvalue weighted by atomic mass is 16.7. The van der Waals surface area contributed by atoms with Gasteiger partial charge in [0.15, 0.2) is 6.29 Å². The number of aliphatic hydroxyl groups is 6. The fourth-order valence-electron chi connectivity index (χ4n) is 9.85. The van der Waals surface area contributed by atoms with Gasteiger partial charge < -0.3 is 44.8 Å². The SMILES string of the molecule is C[C@]12CC[C@H](O[C@@H]3O[C@H](CO)[C@@H](O)[C@@H](O)[C@H]3O)C[C@@]1(O)CC[C@@H]1[C@@H]2CC[C@]2(C)[C@@H](C3=CC(=O)OC3)CC[C@]12O. The lowest BCUT2D eigenvalue weighted by Gasteiger charge is -2.66. The monoisotopic (exact) mass is 552 g/mol. The molecule has 0 unspecified atom stereocenters. The van der Waals surface area contributed by atoms with Gasteiger partial charge in [-0.05, 0) is 80.1 Å². The summed E-state index contributed by atoms with van der Waals surface area (Å²) in [6.45, 7) is 4.12. The van der Waals surface area contributed by atoms with Crippen LogP contribution in [0.4, 0.5) is 0 Å². The van der Waals surface area contributed by atoms with Crippen molar-refractivity contribution in [1.29, 1.82) is 0 Å². The molecule has 0 amide bonds. The maximum Gasteiger partial charge on any atom is 0.331 e. The van der Waals surface area contributed by atoms with Gasteiger partial charge in [0.25, 0.3) is 0 Å². The molecule has 0 aromatic carbocycles. The van der Waals surface area contributed by atoms with Crippen molar-refractivity contribution >= 4 is 5.97 Å². The van der Waals surface area contributed by atoms with E-state index in [1.54, 1.807) is 6.08 Å². The number of carbonyl (C=O) groups excluding carboxylic acids is 1. The minimum absolute atomic E-state index is 0.0491. The molecule has 1 saturated heterocycles. The van der Waals surface area contributed by atoms with E-state index in [4.69, 9.17) is 14.2 Å². The van der Waals surface area contributed by atoms with Crippen LogP contribution in [-0.4, -0.2) is 97.8 Å². The van der Waals surface area contributed by atoms with Crippen LogP contribution in [-0.2, 0) is 19.0 Å². The Morgan fingerprint density at radius 3 is 2.33 bits per heavy atom. The van der Waals surface area contributed by atoms with Crippen LogP contribution in [0, 0.1) is 28.6 Å². The van der Waals surface area contributed by atoms with Crippen molar-refractivity contribution in [3.63, 3.8) is 0 Å². The van der Waals surface area contributed by atoms with E-state index in [9.17, 15) is 35.4 Å². The molecule has 5 fully saturated rings. The molecule has 39 heavy (non-hydrogen) atoms. The van der Waals surface area contributed by atoms with Crippen LogP contribution >= 0.6 is 0 Å². The van der Waals surface area contributed by atoms with Crippen LogP contribution in [0.15, 0.2) is 11.6 Å². The molecule has 6 rings (SSSR count). The minimum Gasteiger partial charge on any atom is -0.458 e. The topological polar surface area (TPSA) is 166 Å². The van der Waals surface area contributed by atoms with E-state index < -0.39 is 60.0 Å². The fourth-order valence-corrected chi connectivity index (χ4v) is 9.85. The standard InChI is InChI=1S/C29H44O10/c1-26-7-3-16(38-25-24(34)23(33)22(32)20(13-30)39-25)12-28(26,35)9-5-19-18(26)4-8-27(2)17(6-10-29(19,27)36)15-11-21(31)37-14-15/h11,16-20,22-25,30,32-36H,3-10,12-14H2,1-2H3/t16-,17+,18-,19+,20+,22+,23+,24+,25+,26+,27+,28-,29-/m0/s1. The average Bonchev–Trinajstić information content (AvgIpc) is 3.44. The van der Waals surface area contributed by atoms with Crippen molar-refractivity contribution in [3.8, 4) is 0 Å². The van der Waals surface area contributed by atoms with Gasteiger partial charge in [0.1, 0.15) is 31.0 Å². The maximum absolute atomic E-state index is 12.4. The highest BCUT2D eigenvalue weighted by Gasteiger charge is 2.70. The molecule has 6 aliphatic rings. The van der Waals surface area contributed by atoms with Gasteiger partial charge in [-0.2, -0.15) is 0 Å². The molecule has 0 aromatic heterocycles. The summed E-state index contributed by atoms with van der Waals surface area (Å²) in [7, 11) is 0. The Morgan fingerprint density at radius 2 is 1.64 bits per heavy atom. The van der Waals surface area contributed by atoms with E-state index in [0.717, 1.165) is 24.8 Å². The summed E-state index contributed by atoms with van der Waals surface area (Å²) >= 11 is 0. The second-order valence-corrected chi connectivity index (χ2v) is 13.7. The molecular weight excluding hydrogens is 508 g/mol. The first kappa shape index (κ1) is 28.0. The van der Waals surface area contributed by atoms with E-state index in [1.165, 1.54) is 0 Å². The van der Waals surface area contributed by atoms with Crippen molar-refractivity contribution in [1.82, 2.24) is 0 Å². The molecule has 2 heterocycles. The molecule has 10 nitrogen and oxygen atoms in total. The molecular formula is C29H44O10. The number of rotatable bonds is 4. The number of hydrogen-bond donors (Lipinski definition) is 6. The van der Waals surface area contributed by atoms with E-state index in [1.807, 2.05) is 0 Å². The minimum atomic E-state index is -1.51. The number of esters is 1. The molecule has 13 atom stereocenters. The molecule has 4 saturated carbocycles. The average molecular weight is 553 g/mol. The summed E-state index contributed by atoms with van der Waals surface area (Å²) in [4.78, 5) is 11.8. The molecule has 0 bridgehead atoms. The third-order valence-electron chi connectivity index (χ3n) is 12.3. The normalized spacial score (nSPS) is 55.3. The fraction of sp³-hybridized carbons (Fsp3) is 0.897. The summed E-state index contributed by atoms with van der Waals surface area (Å²) in [6.07, 6.45) is 0.543. The molecule has 2 aliphatic heterocycles. The van der Waals surface area contributed by atoms with Crippen LogP contribution in [0.3, 0.4) is 0 Å². The van der Waals surface area contributed by atoms with Gasteiger partial charge in [-0.15, -0.1) is 0 Å². The summed E-state index contributed by atoms with van der Waals surface area (Å²) in [6, 6.07) is 0. The smallest absolute Gasteiger partial charge is 0.331 e. The molecule has 220 valence electrons. The van der Waals surface area contributed by atoms with Crippen LogP contribution < -0.4 is 0 Å². The Balaban J connectivity index is 1.19. The Morgan fingerprint density at radius 1 is 0.923 bits per heavy atom. The van der Waals surface area contributed by atoms with E-state index in [-0.39, 0.29) is 29.1 Å². The predicted molar refractivity (Wildman–Crippen MR) is 136 cm³/mol. The maximum atomic E-state index is 12.4. The molecule has 6 N–H and O–H groups in total. The van der Waals surface area contributed by atoms with Crippen LogP contribution in [0.1, 0.15) is 71.6 Å². The molecule has 4 aliphatic carbocycles. The van der Waals surface area contributed by atoms with Gasteiger partial charge in [-0.25, -0.2) is 4.79 Å². The van der Waals surface area contributed by atoms with Crippen molar-refractivity contribution in [2.75, 3.05) is 13.2 Å². The second kappa shape index (κ2) is 9.46. The Hall–Kier alpha value is -1.11. The highest BCUT2D eigenvalue weighted by Crippen LogP contribution is 2.70. The molecule has 10 heteroatoms. The van der Waals surface area contributed by atoms with Gasteiger partial charge in [0.2, 0.25) is 0 Å². The Bertz CT molecular complexity index is 1020. The van der Waals surface area contributed by atoms with Gasteiger partial charge in [-0.3, -0.25) is 0 Å². The molecule has 0 radical (unpaired) electrons. The summed E-state index contributed by atoms with van der Waals surface area (Å²) in [5, 5.41) is 64.7. The number of fused-ring (bicyclic) bond motifs is 5.